The number of halogens is 6. The molecule has 0 spiro atoms. The van der Waals surface area contributed by atoms with Gasteiger partial charge in [0.25, 0.3) is 0 Å². The molecule has 0 heterocycles. The normalized spacial score (nSPS) is 12.6. The Balaban J connectivity index is 3.55. The van der Waals surface area contributed by atoms with Crippen LogP contribution in [0.1, 0.15) is 21.5 Å². The minimum atomic E-state index is -5.05. The summed E-state index contributed by atoms with van der Waals surface area (Å²) in [6, 6.07) is 0.192. The summed E-state index contributed by atoms with van der Waals surface area (Å²) in [7, 11) is 0. The van der Waals surface area contributed by atoms with Crippen molar-refractivity contribution in [2.24, 2.45) is 0 Å². The van der Waals surface area contributed by atoms with E-state index in [2.05, 4.69) is 0 Å². The third-order valence-electron chi connectivity index (χ3n) is 1.96. The molecule has 0 saturated heterocycles. The fourth-order valence-electron chi connectivity index (χ4n) is 1.22. The number of alkyl halides is 6. The van der Waals surface area contributed by atoms with E-state index in [4.69, 9.17) is 5.73 Å². The van der Waals surface area contributed by atoms with Crippen LogP contribution in [0.25, 0.3) is 0 Å². The molecular weight excluding hydrogens is 252 g/mol. The number of hydrogen-bond acceptors (Lipinski definition) is 2. The second kappa shape index (κ2) is 3.94. The van der Waals surface area contributed by atoms with Crippen LogP contribution < -0.4 is 5.73 Å². The van der Waals surface area contributed by atoms with Gasteiger partial charge in [0.1, 0.15) is 0 Å². The maximum Gasteiger partial charge on any atom is 0.418 e. The van der Waals surface area contributed by atoms with Crippen LogP contribution in [0.3, 0.4) is 0 Å². The summed E-state index contributed by atoms with van der Waals surface area (Å²) in [5.41, 5.74) is -0.176. The van der Waals surface area contributed by atoms with Crippen molar-refractivity contribution in [1.82, 2.24) is 0 Å². The van der Waals surface area contributed by atoms with E-state index in [9.17, 15) is 31.1 Å². The average Bonchev–Trinajstić information content (AvgIpc) is 2.13. The van der Waals surface area contributed by atoms with Gasteiger partial charge in [0, 0.05) is 11.3 Å². The van der Waals surface area contributed by atoms with E-state index < -0.39 is 34.7 Å². The predicted molar refractivity (Wildman–Crippen MR) is 46.2 cm³/mol. The number of benzene rings is 1. The Morgan fingerprint density at radius 2 is 1.41 bits per heavy atom. The van der Waals surface area contributed by atoms with Gasteiger partial charge in [0.05, 0.1) is 11.1 Å². The molecule has 1 aromatic carbocycles. The van der Waals surface area contributed by atoms with Gasteiger partial charge in [0.15, 0.2) is 6.29 Å². The van der Waals surface area contributed by atoms with Crippen molar-refractivity contribution in [2.45, 2.75) is 12.4 Å². The molecule has 0 aromatic heterocycles. The van der Waals surface area contributed by atoms with E-state index >= 15 is 0 Å². The molecule has 1 rings (SSSR count). The molecule has 0 saturated carbocycles. The summed E-state index contributed by atoms with van der Waals surface area (Å²) in [4.78, 5) is 10.4. The summed E-state index contributed by atoms with van der Waals surface area (Å²) in [5, 5.41) is 0. The molecule has 0 aliphatic rings. The first-order chi connectivity index (χ1) is 7.57. The van der Waals surface area contributed by atoms with Crippen LogP contribution in [-0.2, 0) is 12.4 Å². The van der Waals surface area contributed by atoms with Gasteiger partial charge in [0.2, 0.25) is 0 Å². The number of hydrogen-bond donors (Lipinski definition) is 1. The Labute approximate surface area is 91.0 Å². The molecule has 0 aliphatic carbocycles. The molecule has 0 fully saturated rings. The largest absolute Gasteiger partial charge is 0.418 e. The number of aldehydes is 1. The first kappa shape index (κ1) is 13.3. The highest BCUT2D eigenvalue weighted by atomic mass is 19.4. The van der Waals surface area contributed by atoms with Gasteiger partial charge in [-0.2, -0.15) is 26.3 Å². The Kier molecular flexibility index (Phi) is 3.09. The van der Waals surface area contributed by atoms with Crippen molar-refractivity contribution in [3.63, 3.8) is 0 Å². The highest BCUT2D eigenvalue weighted by Gasteiger charge is 2.39. The van der Waals surface area contributed by atoms with Crippen LogP contribution in [0.2, 0.25) is 0 Å². The van der Waals surface area contributed by atoms with E-state index in [1.807, 2.05) is 0 Å². The number of carbonyl (C=O) groups is 1. The van der Waals surface area contributed by atoms with E-state index in [1.165, 1.54) is 0 Å². The van der Waals surface area contributed by atoms with Crippen molar-refractivity contribution in [3.8, 4) is 0 Å². The average molecular weight is 257 g/mol. The maximum atomic E-state index is 12.4. The van der Waals surface area contributed by atoms with Crippen molar-refractivity contribution in [2.75, 3.05) is 5.73 Å². The summed E-state index contributed by atoms with van der Waals surface area (Å²) < 4.78 is 74.1. The third kappa shape index (κ3) is 2.69. The fraction of sp³-hybridized carbons (Fsp3) is 0.222. The van der Waals surface area contributed by atoms with Gasteiger partial charge in [-0.3, -0.25) is 4.79 Å². The Hall–Kier alpha value is -1.73. The standard InChI is InChI=1S/C9H5F6NO/c10-8(11,12)5-2-6(9(13,14)15)7(16)1-4(5)3-17/h1-3H,16H2. The van der Waals surface area contributed by atoms with Crippen LogP contribution in [0.4, 0.5) is 32.0 Å². The minimum Gasteiger partial charge on any atom is -0.398 e. The SMILES string of the molecule is Nc1cc(C=O)c(C(F)(F)F)cc1C(F)(F)F. The first-order valence-electron chi connectivity index (χ1n) is 4.10. The number of nitrogen functional groups attached to an aromatic ring is 1. The summed E-state index contributed by atoms with van der Waals surface area (Å²) in [6.07, 6.45) is -10.3. The number of rotatable bonds is 1. The molecule has 0 atom stereocenters. The Morgan fingerprint density at radius 3 is 1.76 bits per heavy atom. The zero-order valence-electron chi connectivity index (χ0n) is 7.99. The van der Waals surface area contributed by atoms with Crippen LogP contribution in [0.5, 0.6) is 0 Å². The van der Waals surface area contributed by atoms with Crippen LogP contribution in [0.15, 0.2) is 12.1 Å². The monoisotopic (exact) mass is 257 g/mol. The highest BCUT2D eigenvalue weighted by Crippen LogP contribution is 2.39. The first-order valence-corrected chi connectivity index (χ1v) is 4.10. The minimum absolute atomic E-state index is 0.168. The molecule has 1 aromatic rings. The summed E-state index contributed by atoms with van der Waals surface area (Å²) >= 11 is 0. The predicted octanol–water partition coefficient (Wildman–Crippen LogP) is 3.12. The lowest BCUT2D eigenvalue weighted by Gasteiger charge is -2.15. The number of nitrogens with two attached hydrogens (primary N) is 1. The molecule has 17 heavy (non-hydrogen) atoms. The number of anilines is 1. The van der Waals surface area contributed by atoms with E-state index in [1.54, 1.807) is 0 Å². The van der Waals surface area contributed by atoms with Crippen LogP contribution >= 0.6 is 0 Å². The summed E-state index contributed by atoms with van der Waals surface area (Å²) in [6.45, 7) is 0. The molecule has 0 amide bonds. The zero-order chi connectivity index (χ0) is 13.4. The second-order valence-electron chi connectivity index (χ2n) is 3.14. The smallest absolute Gasteiger partial charge is 0.398 e. The molecule has 0 aliphatic heterocycles. The molecule has 94 valence electrons. The lowest BCUT2D eigenvalue weighted by molar-refractivity contribution is -0.142. The molecule has 8 heteroatoms. The Morgan fingerprint density at radius 1 is 0.941 bits per heavy atom. The van der Waals surface area contributed by atoms with Gasteiger partial charge in [-0.05, 0) is 12.1 Å². The lowest BCUT2D eigenvalue weighted by atomic mass is 10.0. The van der Waals surface area contributed by atoms with Gasteiger partial charge < -0.3 is 5.73 Å². The van der Waals surface area contributed by atoms with Crippen molar-refractivity contribution >= 4 is 12.0 Å². The topological polar surface area (TPSA) is 43.1 Å². The van der Waals surface area contributed by atoms with Gasteiger partial charge in [-0.1, -0.05) is 0 Å². The van der Waals surface area contributed by atoms with Gasteiger partial charge in [-0.15, -0.1) is 0 Å². The maximum absolute atomic E-state index is 12.4. The summed E-state index contributed by atoms with van der Waals surface area (Å²) in [5.74, 6) is 0. The molecule has 2 nitrogen and oxygen atoms in total. The van der Waals surface area contributed by atoms with Gasteiger partial charge in [-0.25, -0.2) is 0 Å². The van der Waals surface area contributed by atoms with Crippen molar-refractivity contribution < 1.29 is 31.1 Å². The molecular formula is C9H5F6NO. The number of carbonyl (C=O) groups excluding carboxylic acids is 1. The second-order valence-corrected chi connectivity index (χ2v) is 3.14. The van der Waals surface area contributed by atoms with E-state index in [-0.39, 0.29) is 12.4 Å². The van der Waals surface area contributed by atoms with Crippen LogP contribution in [-0.4, -0.2) is 6.29 Å². The molecule has 0 bridgehead atoms. The third-order valence-corrected chi connectivity index (χ3v) is 1.96. The van der Waals surface area contributed by atoms with Gasteiger partial charge >= 0.3 is 12.4 Å². The lowest BCUT2D eigenvalue weighted by Crippen LogP contribution is -2.15. The van der Waals surface area contributed by atoms with Crippen LogP contribution in [0, 0.1) is 0 Å². The molecule has 0 radical (unpaired) electrons. The highest BCUT2D eigenvalue weighted by molar-refractivity contribution is 5.80. The molecule has 0 unspecified atom stereocenters. The Bertz CT molecular complexity index is 448. The van der Waals surface area contributed by atoms with E-state index in [0.717, 1.165) is 0 Å². The fourth-order valence-corrected chi connectivity index (χ4v) is 1.22. The zero-order valence-corrected chi connectivity index (χ0v) is 7.99. The van der Waals surface area contributed by atoms with Crippen molar-refractivity contribution in [3.05, 3.63) is 28.8 Å². The molecule has 2 N–H and O–H groups in total. The quantitative estimate of drug-likeness (QED) is 0.477. The van der Waals surface area contributed by atoms with E-state index in [0.29, 0.717) is 6.07 Å². The van der Waals surface area contributed by atoms with Crippen molar-refractivity contribution in [1.29, 1.82) is 0 Å².